The first-order valence-electron chi connectivity index (χ1n) is 10.1. The number of nitrogens with zero attached hydrogens (tertiary/aromatic N) is 3. The fourth-order valence-electron chi connectivity index (χ4n) is 3.80. The molecule has 0 radical (unpaired) electrons. The molecule has 4 N–H and O–H groups in total. The highest BCUT2D eigenvalue weighted by Gasteiger charge is 2.25. The zero-order chi connectivity index (χ0) is 24.7. The van der Waals surface area contributed by atoms with Crippen LogP contribution in [-0.2, 0) is 10.0 Å². The Morgan fingerprint density at radius 1 is 1.20 bits per heavy atom. The lowest BCUT2D eigenvalue weighted by atomic mass is 9.99. The van der Waals surface area contributed by atoms with Gasteiger partial charge in [-0.15, -0.1) is 5.10 Å². The van der Waals surface area contributed by atoms with Crippen LogP contribution in [0.4, 0.5) is 5.82 Å². The molecule has 5 aromatic rings. The molecule has 0 aliphatic heterocycles. The number of hydrogen-bond acceptors (Lipinski definition) is 9. The van der Waals surface area contributed by atoms with E-state index in [-0.39, 0.29) is 49.6 Å². The average Bonchev–Trinajstić information content (AvgIpc) is 3.24. The van der Waals surface area contributed by atoms with Crippen molar-refractivity contribution in [1.29, 1.82) is 10.7 Å². The number of rotatable bonds is 5. The van der Waals surface area contributed by atoms with Crippen molar-refractivity contribution in [1.82, 2.24) is 15.2 Å². The molecule has 35 heavy (non-hydrogen) atoms. The predicted octanol–water partition coefficient (Wildman–Crippen LogP) is 3.24. The number of phenolic OH excluding ortho intramolecular Hbond substituents is 1. The van der Waals surface area contributed by atoms with Crippen molar-refractivity contribution in [3.8, 4) is 28.7 Å². The SMILES string of the molecule is COc1ccc(-c2c(C#N)c(=N)oc3n[nH]c(NS(=O)(=O)c4ccc(O)c5ncccc45)c23)cc1. The number of pyridine rings is 1. The van der Waals surface area contributed by atoms with Gasteiger partial charge in [0, 0.05) is 17.1 Å². The van der Waals surface area contributed by atoms with Crippen molar-refractivity contribution in [2.75, 3.05) is 11.8 Å². The molecule has 0 aliphatic rings. The molecule has 174 valence electrons. The lowest BCUT2D eigenvalue weighted by molar-refractivity contribution is 0.415. The molecule has 0 fully saturated rings. The Balaban J connectivity index is 1.72. The van der Waals surface area contributed by atoms with Crippen LogP contribution < -0.4 is 15.0 Å². The Hall–Kier alpha value is -4.89. The van der Waals surface area contributed by atoms with E-state index in [1.165, 1.54) is 31.5 Å². The summed E-state index contributed by atoms with van der Waals surface area (Å²) < 4.78 is 39.8. The third kappa shape index (κ3) is 3.60. The maximum Gasteiger partial charge on any atom is 0.263 e. The van der Waals surface area contributed by atoms with Crippen LogP contribution >= 0.6 is 0 Å². The van der Waals surface area contributed by atoms with E-state index in [4.69, 9.17) is 14.6 Å². The Labute approximate surface area is 197 Å². The minimum atomic E-state index is -4.22. The Kier molecular flexibility index (Phi) is 5.11. The lowest BCUT2D eigenvalue weighted by Gasteiger charge is -2.12. The first-order valence-corrected chi connectivity index (χ1v) is 11.6. The predicted molar refractivity (Wildman–Crippen MR) is 125 cm³/mol. The van der Waals surface area contributed by atoms with E-state index in [0.717, 1.165) is 0 Å². The second-order valence-corrected chi connectivity index (χ2v) is 9.04. The van der Waals surface area contributed by atoms with Gasteiger partial charge in [-0.3, -0.25) is 20.2 Å². The number of anilines is 1. The molecule has 0 bridgehead atoms. The van der Waals surface area contributed by atoms with Crippen LogP contribution in [-0.4, -0.2) is 35.8 Å². The maximum atomic E-state index is 13.4. The third-order valence-corrected chi connectivity index (χ3v) is 6.79. The third-order valence-electron chi connectivity index (χ3n) is 5.38. The number of H-pyrrole nitrogens is 1. The van der Waals surface area contributed by atoms with Crippen LogP contribution in [0.3, 0.4) is 0 Å². The normalized spacial score (nSPS) is 11.4. The number of aromatic nitrogens is 3. The number of methoxy groups -OCH3 is 1. The van der Waals surface area contributed by atoms with Crippen LogP contribution in [0.2, 0.25) is 0 Å². The molecule has 2 aromatic carbocycles. The van der Waals surface area contributed by atoms with E-state index in [0.29, 0.717) is 11.3 Å². The van der Waals surface area contributed by atoms with Gasteiger partial charge in [-0.05, 0) is 42.0 Å². The summed E-state index contributed by atoms with van der Waals surface area (Å²) in [6, 6.07) is 14.3. The Bertz CT molecular complexity index is 1820. The van der Waals surface area contributed by atoms with Gasteiger partial charge in [0.2, 0.25) is 11.3 Å². The summed E-state index contributed by atoms with van der Waals surface area (Å²) in [4.78, 5) is 3.93. The minimum Gasteiger partial charge on any atom is -0.506 e. The van der Waals surface area contributed by atoms with E-state index < -0.39 is 15.6 Å². The van der Waals surface area contributed by atoms with Crippen molar-refractivity contribution in [3.63, 3.8) is 0 Å². The van der Waals surface area contributed by atoms with Gasteiger partial charge < -0.3 is 14.3 Å². The van der Waals surface area contributed by atoms with Crippen LogP contribution in [0, 0.1) is 16.7 Å². The molecular weight excluding hydrogens is 472 g/mol. The number of hydrogen-bond donors (Lipinski definition) is 4. The van der Waals surface area contributed by atoms with E-state index in [1.807, 2.05) is 6.07 Å². The van der Waals surface area contributed by atoms with Gasteiger partial charge in [-0.1, -0.05) is 12.1 Å². The average molecular weight is 488 g/mol. The van der Waals surface area contributed by atoms with E-state index in [2.05, 4.69) is 19.9 Å². The topological polar surface area (TPSA) is 178 Å². The number of aromatic hydroxyl groups is 1. The van der Waals surface area contributed by atoms with Crippen molar-refractivity contribution in [2.24, 2.45) is 0 Å². The zero-order valence-electron chi connectivity index (χ0n) is 18.0. The van der Waals surface area contributed by atoms with Crippen molar-refractivity contribution >= 4 is 37.8 Å². The number of nitriles is 1. The van der Waals surface area contributed by atoms with Crippen molar-refractivity contribution < 1.29 is 22.7 Å². The summed E-state index contributed by atoms with van der Waals surface area (Å²) in [7, 11) is -2.70. The number of fused-ring (bicyclic) bond motifs is 2. The number of ether oxygens (including phenoxy) is 1. The molecular formula is C23H16N6O5S. The molecule has 5 rings (SSSR count). The number of aromatic amines is 1. The smallest absolute Gasteiger partial charge is 0.263 e. The fourth-order valence-corrected chi connectivity index (χ4v) is 5.03. The van der Waals surface area contributed by atoms with Crippen molar-refractivity contribution in [2.45, 2.75) is 4.90 Å². The molecule has 3 heterocycles. The molecule has 12 heteroatoms. The minimum absolute atomic E-state index is 0.0591. The second kappa shape index (κ2) is 8.15. The number of benzene rings is 2. The van der Waals surface area contributed by atoms with Crippen molar-refractivity contribution in [3.05, 3.63) is 65.8 Å². The molecule has 11 nitrogen and oxygen atoms in total. The van der Waals surface area contributed by atoms with Crippen LogP contribution in [0.25, 0.3) is 33.1 Å². The molecule has 0 spiro atoms. The van der Waals surface area contributed by atoms with Gasteiger partial charge in [-0.25, -0.2) is 8.42 Å². The number of sulfonamides is 1. The standard InChI is InChI=1S/C23H16N6O5S/c1-33-13-6-4-12(5-7-13)18-15(11-24)21(25)34-23-19(18)22(27-28-23)29-35(31,32)17-9-8-16(30)20-14(17)3-2-10-26-20/h2-10,25,30H,1H3,(H2,27,28,29). The van der Waals surface area contributed by atoms with Gasteiger partial charge >= 0.3 is 0 Å². The Morgan fingerprint density at radius 2 is 1.97 bits per heavy atom. The van der Waals surface area contributed by atoms with Crippen LogP contribution in [0.1, 0.15) is 5.56 Å². The molecule has 0 aliphatic carbocycles. The molecule has 0 atom stereocenters. The first kappa shape index (κ1) is 21.9. The Morgan fingerprint density at radius 3 is 2.69 bits per heavy atom. The van der Waals surface area contributed by atoms with Gasteiger partial charge in [0.25, 0.3) is 10.0 Å². The molecule has 0 amide bonds. The quantitative estimate of drug-likeness (QED) is 0.291. The summed E-state index contributed by atoms with van der Waals surface area (Å²) in [6.07, 6.45) is 1.44. The van der Waals surface area contributed by atoms with E-state index >= 15 is 0 Å². The highest BCUT2D eigenvalue weighted by atomic mass is 32.2. The summed E-state index contributed by atoms with van der Waals surface area (Å²) in [5.41, 5.74) is 0.355. The maximum absolute atomic E-state index is 13.4. The van der Waals surface area contributed by atoms with Gasteiger partial charge in [0.15, 0.2) is 0 Å². The molecule has 0 unspecified atom stereocenters. The number of phenols is 1. The summed E-state index contributed by atoms with van der Waals surface area (Å²) in [5, 5.41) is 34.9. The monoisotopic (exact) mass is 488 g/mol. The molecule has 0 saturated carbocycles. The fraction of sp³-hybridized carbons (Fsp3) is 0.0435. The summed E-state index contributed by atoms with van der Waals surface area (Å²) in [5.74, 6) is 0.362. The van der Waals surface area contributed by atoms with Crippen LogP contribution in [0.5, 0.6) is 11.5 Å². The van der Waals surface area contributed by atoms with Gasteiger partial charge in [-0.2, -0.15) is 5.26 Å². The van der Waals surface area contributed by atoms with Gasteiger partial charge in [0.1, 0.15) is 34.5 Å². The summed E-state index contributed by atoms with van der Waals surface area (Å²) in [6.45, 7) is 0. The largest absolute Gasteiger partial charge is 0.506 e. The van der Waals surface area contributed by atoms with E-state index in [1.54, 1.807) is 30.3 Å². The van der Waals surface area contributed by atoms with Crippen LogP contribution in [0.15, 0.2) is 64.0 Å². The lowest BCUT2D eigenvalue weighted by Crippen LogP contribution is -2.14. The highest BCUT2D eigenvalue weighted by Crippen LogP contribution is 2.36. The second-order valence-electron chi connectivity index (χ2n) is 7.39. The highest BCUT2D eigenvalue weighted by molar-refractivity contribution is 7.93. The number of nitrogens with one attached hydrogen (secondary N) is 3. The zero-order valence-corrected chi connectivity index (χ0v) is 18.8. The molecule has 3 aromatic heterocycles. The summed E-state index contributed by atoms with van der Waals surface area (Å²) >= 11 is 0. The van der Waals surface area contributed by atoms with Gasteiger partial charge in [0.05, 0.1) is 17.4 Å². The van der Waals surface area contributed by atoms with E-state index in [9.17, 15) is 18.8 Å². The first-order chi connectivity index (χ1) is 16.8. The molecule has 0 saturated heterocycles.